The highest BCUT2D eigenvalue weighted by Gasteiger charge is 2.45. The zero-order valence-electron chi connectivity index (χ0n) is 26.7. The second-order valence-corrected chi connectivity index (χ2v) is 11.9. The lowest BCUT2D eigenvalue weighted by molar-refractivity contribution is -0.141. The third-order valence-electron chi connectivity index (χ3n) is 8.73. The Bertz CT molecular complexity index is 1660. The van der Waals surface area contributed by atoms with Crippen LogP contribution < -0.4 is 9.47 Å². The van der Waals surface area contributed by atoms with Gasteiger partial charge in [-0.2, -0.15) is 5.10 Å². The van der Waals surface area contributed by atoms with E-state index in [2.05, 4.69) is 5.10 Å². The topological polar surface area (TPSA) is 83.6 Å². The van der Waals surface area contributed by atoms with Crippen LogP contribution in [0, 0.1) is 12.3 Å². The highest BCUT2D eigenvalue weighted by molar-refractivity contribution is 6.07. The van der Waals surface area contributed by atoms with Gasteiger partial charge >= 0.3 is 0 Å². The van der Waals surface area contributed by atoms with Crippen molar-refractivity contribution < 1.29 is 23.5 Å². The molecule has 5 rings (SSSR count). The average Bonchev–Trinajstić information content (AvgIpc) is 3.65. The lowest BCUT2D eigenvalue weighted by Gasteiger charge is -2.32. The first-order valence-electron chi connectivity index (χ1n) is 15.6. The monoisotopic (exact) mass is 606 g/mol. The molecule has 0 aliphatic rings. The van der Waals surface area contributed by atoms with Crippen LogP contribution in [0.5, 0.6) is 11.5 Å². The van der Waals surface area contributed by atoms with Gasteiger partial charge in [-0.3, -0.25) is 14.3 Å². The van der Waals surface area contributed by atoms with Crippen LogP contribution in [-0.2, 0) is 42.3 Å². The van der Waals surface area contributed by atoms with Gasteiger partial charge in [0.05, 0.1) is 31.6 Å². The lowest BCUT2D eigenvalue weighted by atomic mass is 9.68. The molecule has 0 radical (unpaired) electrons. The van der Waals surface area contributed by atoms with Gasteiger partial charge in [-0.1, -0.05) is 30.3 Å². The molecular formula is C38H42N2O5. The molecule has 2 aromatic heterocycles. The fraction of sp³-hybridized carbons (Fsp3) is 0.342. The van der Waals surface area contributed by atoms with Crippen LogP contribution >= 0.6 is 0 Å². The molecule has 0 aliphatic carbocycles. The summed E-state index contributed by atoms with van der Waals surface area (Å²) in [4.78, 5) is 29.1. The largest absolute Gasteiger partial charge is 0.497 e. The van der Waals surface area contributed by atoms with E-state index in [4.69, 9.17) is 13.9 Å². The summed E-state index contributed by atoms with van der Waals surface area (Å²) in [5.41, 5.74) is 4.50. The molecule has 7 heteroatoms. The molecule has 234 valence electrons. The van der Waals surface area contributed by atoms with E-state index in [1.165, 1.54) is 0 Å². The summed E-state index contributed by atoms with van der Waals surface area (Å²) >= 11 is 0. The quantitative estimate of drug-likeness (QED) is 0.109. The summed E-state index contributed by atoms with van der Waals surface area (Å²) < 4.78 is 18.0. The smallest absolute Gasteiger partial charge is 0.147 e. The summed E-state index contributed by atoms with van der Waals surface area (Å²) in [5.74, 6) is 1.57. The van der Waals surface area contributed by atoms with Crippen LogP contribution in [0.2, 0.25) is 0 Å². The van der Waals surface area contributed by atoms with Gasteiger partial charge in [-0.15, -0.1) is 0 Å². The number of ether oxygens (including phenoxy) is 2. The second kappa shape index (κ2) is 14.4. The van der Waals surface area contributed by atoms with Crippen molar-refractivity contribution in [2.45, 2.75) is 58.3 Å². The Hall–Kier alpha value is -4.65. The standard InChI is InChI=1S/C38H42N2O5/c1-27-23-32(40(2)39-27)26-38(25-30-15-20-35-31(24-30)21-22-45-35,36(41)9-5-7-28-11-16-33(43-3)17-12-28)37(42)10-6-8-29-13-18-34(44-4)19-14-29/h11-24H,5-10,25-26H2,1-4H3. The second-order valence-electron chi connectivity index (χ2n) is 11.9. The first kappa shape index (κ1) is 31.8. The number of rotatable bonds is 16. The lowest BCUT2D eigenvalue weighted by Crippen LogP contribution is -2.44. The first-order valence-corrected chi connectivity index (χ1v) is 15.6. The molecule has 2 heterocycles. The Morgan fingerprint density at radius 2 is 1.31 bits per heavy atom. The molecule has 0 fully saturated rings. The molecule has 5 aromatic rings. The van der Waals surface area contributed by atoms with Crippen molar-refractivity contribution in [3.8, 4) is 11.5 Å². The summed E-state index contributed by atoms with van der Waals surface area (Å²) in [7, 11) is 5.18. The molecule has 0 atom stereocenters. The van der Waals surface area contributed by atoms with Crippen LogP contribution in [0.3, 0.4) is 0 Å². The van der Waals surface area contributed by atoms with E-state index in [0.29, 0.717) is 38.5 Å². The first-order chi connectivity index (χ1) is 21.8. The number of ketones is 2. The molecule has 0 saturated carbocycles. The van der Waals surface area contributed by atoms with E-state index >= 15 is 0 Å². The summed E-state index contributed by atoms with van der Waals surface area (Å²) in [6.45, 7) is 1.94. The molecule has 0 aliphatic heterocycles. The Kier molecular flexibility index (Phi) is 10.2. The zero-order valence-corrected chi connectivity index (χ0v) is 26.7. The number of hydrogen-bond acceptors (Lipinski definition) is 6. The summed E-state index contributed by atoms with van der Waals surface area (Å²) in [6.07, 6.45) is 5.68. The third-order valence-corrected chi connectivity index (χ3v) is 8.73. The van der Waals surface area contributed by atoms with Gasteiger partial charge in [0.25, 0.3) is 0 Å². The molecule has 3 aromatic carbocycles. The maximum absolute atomic E-state index is 14.5. The Morgan fingerprint density at radius 3 is 1.82 bits per heavy atom. The highest BCUT2D eigenvalue weighted by Crippen LogP contribution is 2.36. The Labute approximate surface area is 265 Å². The van der Waals surface area contributed by atoms with Gasteiger partial charge in [0, 0.05) is 37.4 Å². The normalized spacial score (nSPS) is 11.6. The van der Waals surface area contributed by atoms with Crippen molar-refractivity contribution in [1.29, 1.82) is 0 Å². The fourth-order valence-corrected chi connectivity index (χ4v) is 6.19. The van der Waals surface area contributed by atoms with Crippen LogP contribution in [-0.4, -0.2) is 35.6 Å². The van der Waals surface area contributed by atoms with E-state index in [-0.39, 0.29) is 11.6 Å². The number of carbonyl (C=O) groups excluding carboxylic acids is 2. The average molecular weight is 607 g/mol. The Balaban J connectivity index is 1.43. The van der Waals surface area contributed by atoms with Crippen LogP contribution in [0.4, 0.5) is 0 Å². The van der Waals surface area contributed by atoms with E-state index in [1.807, 2.05) is 92.8 Å². The van der Waals surface area contributed by atoms with Crippen LogP contribution in [0.25, 0.3) is 11.0 Å². The predicted octanol–water partition coefficient (Wildman–Crippen LogP) is 7.45. The van der Waals surface area contributed by atoms with E-state index < -0.39 is 5.41 Å². The van der Waals surface area contributed by atoms with Crippen LogP contribution in [0.15, 0.2) is 89.5 Å². The molecule has 0 bridgehead atoms. The van der Waals surface area contributed by atoms with Crippen molar-refractivity contribution in [2.24, 2.45) is 12.5 Å². The summed E-state index contributed by atoms with van der Waals surface area (Å²) in [5, 5.41) is 5.50. The molecule has 45 heavy (non-hydrogen) atoms. The highest BCUT2D eigenvalue weighted by atomic mass is 16.5. The van der Waals surface area contributed by atoms with Crippen molar-refractivity contribution in [2.75, 3.05) is 14.2 Å². The summed E-state index contributed by atoms with van der Waals surface area (Å²) in [6, 6.07) is 25.7. The molecule has 0 unspecified atom stereocenters. The number of benzene rings is 3. The van der Waals surface area contributed by atoms with Crippen LogP contribution in [0.1, 0.15) is 53.8 Å². The SMILES string of the molecule is COc1ccc(CCCC(=O)C(Cc2ccc3occc3c2)(Cc2cc(C)nn2C)C(=O)CCCc2ccc(OC)cc2)cc1. The van der Waals surface area contributed by atoms with Crippen molar-refractivity contribution in [1.82, 2.24) is 9.78 Å². The van der Waals surface area contributed by atoms with Crippen molar-refractivity contribution >= 4 is 22.5 Å². The maximum atomic E-state index is 14.5. The van der Waals surface area contributed by atoms with E-state index in [0.717, 1.165) is 63.4 Å². The minimum atomic E-state index is -1.22. The van der Waals surface area contributed by atoms with Gasteiger partial charge in [0.1, 0.15) is 28.6 Å². The fourth-order valence-electron chi connectivity index (χ4n) is 6.19. The predicted molar refractivity (Wildman–Crippen MR) is 176 cm³/mol. The number of nitrogens with zero attached hydrogens (tertiary/aromatic N) is 2. The minimum Gasteiger partial charge on any atom is -0.497 e. The molecule has 0 spiro atoms. The molecular weight excluding hydrogens is 564 g/mol. The van der Waals surface area contributed by atoms with Crippen molar-refractivity contribution in [3.05, 3.63) is 113 Å². The molecule has 0 saturated heterocycles. The number of carbonyl (C=O) groups is 2. The molecule has 0 amide bonds. The van der Waals surface area contributed by atoms with Gasteiger partial charge in [-0.25, -0.2) is 0 Å². The number of fused-ring (bicyclic) bond motifs is 1. The van der Waals surface area contributed by atoms with Gasteiger partial charge < -0.3 is 13.9 Å². The Morgan fingerprint density at radius 1 is 0.756 bits per heavy atom. The number of furan rings is 1. The number of Topliss-reactive ketones (excluding diaryl/α,β-unsaturated/α-hetero) is 2. The van der Waals surface area contributed by atoms with Gasteiger partial charge in [0.2, 0.25) is 0 Å². The number of aromatic nitrogens is 2. The molecule has 0 N–H and O–H groups in total. The van der Waals surface area contributed by atoms with Crippen molar-refractivity contribution in [3.63, 3.8) is 0 Å². The zero-order chi connectivity index (χ0) is 31.8. The van der Waals surface area contributed by atoms with Gasteiger partial charge in [-0.05, 0) is 104 Å². The van der Waals surface area contributed by atoms with E-state index in [9.17, 15) is 9.59 Å². The van der Waals surface area contributed by atoms with Gasteiger partial charge in [0.15, 0.2) is 0 Å². The van der Waals surface area contributed by atoms with E-state index in [1.54, 1.807) is 25.2 Å². The number of aryl methyl sites for hydroxylation is 4. The number of hydrogen-bond donors (Lipinski definition) is 0. The molecule has 7 nitrogen and oxygen atoms in total. The minimum absolute atomic E-state index is 0.0170. The maximum Gasteiger partial charge on any atom is 0.147 e. The number of methoxy groups -OCH3 is 2. The third kappa shape index (κ3) is 7.72.